The molecule has 0 radical (unpaired) electrons. The summed E-state index contributed by atoms with van der Waals surface area (Å²) in [5.41, 5.74) is 4.98. The lowest BCUT2D eigenvalue weighted by Gasteiger charge is -2.12. The summed E-state index contributed by atoms with van der Waals surface area (Å²) in [7, 11) is 3.40. The van der Waals surface area contributed by atoms with Gasteiger partial charge in [0.05, 0.1) is 0 Å². The summed E-state index contributed by atoms with van der Waals surface area (Å²) in [5, 5.41) is 4.98. The molecule has 0 unspecified atom stereocenters. The van der Waals surface area contributed by atoms with E-state index in [1.54, 1.807) is 0 Å². The standard InChI is InChI=1S/C17H20ClNS.C2H6N2O.C2H6/c1-4-13-9-8-12(2)17(10-13)20-11-14-15(18)6-5-7-16(14)19-3;1-4(3)2-5;1-2/h5-10,19H,4,11H2,1-3H3;2H,3H2,1H3;1-2H3. The number of amides is 1. The first-order valence-electron chi connectivity index (χ1n) is 9.03. The normalized spacial score (nSPS) is 9.33. The molecule has 2 rings (SSSR count). The number of aryl methyl sites for hydroxylation is 2. The molecule has 6 heteroatoms. The van der Waals surface area contributed by atoms with Crippen LogP contribution < -0.4 is 11.2 Å². The molecule has 27 heavy (non-hydrogen) atoms. The smallest absolute Gasteiger partial charge is 0.223 e. The van der Waals surface area contributed by atoms with Crippen LogP contribution in [0.4, 0.5) is 5.69 Å². The lowest BCUT2D eigenvalue weighted by molar-refractivity contribution is -0.117. The van der Waals surface area contributed by atoms with Crippen molar-refractivity contribution in [2.75, 3.05) is 19.4 Å². The molecular weight excluding hydrogens is 378 g/mol. The molecule has 0 aliphatic carbocycles. The second-order valence-electron chi connectivity index (χ2n) is 5.53. The summed E-state index contributed by atoms with van der Waals surface area (Å²) in [6.45, 7) is 8.35. The summed E-state index contributed by atoms with van der Waals surface area (Å²) < 4.78 is 0. The van der Waals surface area contributed by atoms with E-state index in [-0.39, 0.29) is 0 Å². The van der Waals surface area contributed by atoms with E-state index in [0.717, 1.165) is 27.9 Å². The Balaban J connectivity index is 0.000000838. The van der Waals surface area contributed by atoms with Gasteiger partial charge in [-0.05, 0) is 42.7 Å². The van der Waals surface area contributed by atoms with Crippen LogP contribution in [-0.2, 0) is 17.0 Å². The predicted molar refractivity (Wildman–Crippen MR) is 120 cm³/mol. The van der Waals surface area contributed by atoms with Gasteiger partial charge in [0.1, 0.15) is 0 Å². The second kappa shape index (κ2) is 14.4. The number of anilines is 1. The van der Waals surface area contributed by atoms with Gasteiger partial charge in [-0.2, -0.15) is 0 Å². The highest BCUT2D eigenvalue weighted by Crippen LogP contribution is 2.33. The molecule has 3 N–H and O–H groups in total. The SMILES string of the molecule is CC.CCc1ccc(C)c(SCc2c(Cl)cccc2NC)c1.CN(N)C=O. The van der Waals surface area contributed by atoms with E-state index in [0.29, 0.717) is 6.41 Å². The fourth-order valence-electron chi connectivity index (χ4n) is 2.11. The molecule has 0 saturated heterocycles. The third-order valence-electron chi connectivity index (χ3n) is 3.59. The molecule has 0 heterocycles. The first-order chi connectivity index (χ1) is 12.9. The van der Waals surface area contributed by atoms with E-state index in [1.165, 1.54) is 28.6 Å². The Labute approximate surface area is 173 Å². The number of nitrogens with one attached hydrogen (secondary N) is 1. The molecule has 0 saturated carbocycles. The average Bonchev–Trinajstić information content (AvgIpc) is 2.69. The number of nitrogens with two attached hydrogens (primary N) is 1. The fraction of sp³-hybridized carbons (Fsp3) is 0.381. The molecule has 1 amide bonds. The molecule has 0 atom stereocenters. The fourth-order valence-corrected chi connectivity index (χ4v) is 3.57. The van der Waals surface area contributed by atoms with Gasteiger partial charge >= 0.3 is 0 Å². The van der Waals surface area contributed by atoms with Crippen LogP contribution in [0.2, 0.25) is 5.02 Å². The van der Waals surface area contributed by atoms with Crippen molar-refractivity contribution in [1.29, 1.82) is 0 Å². The molecule has 0 aliphatic rings. The minimum Gasteiger partial charge on any atom is -0.388 e. The minimum atomic E-state index is 0.528. The molecule has 0 spiro atoms. The number of hydrogen-bond donors (Lipinski definition) is 2. The maximum absolute atomic E-state index is 9.31. The van der Waals surface area contributed by atoms with E-state index in [4.69, 9.17) is 17.4 Å². The van der Waals surface area contributed by atoms with Crippen molar-refractivity contribution in [3.63, 3.8) is 0 Å². The topological polar surface area (TPSA) is 58.4 Å². The third kappa shape index (κ3) is 9.18. The molecular formula is C21H32ClN3OS. The van der Waals surface area contributed by atoms with Crippen LogP contribution in [0.25, 0.3) is 0 Å². The Kier molecular flexibility index (Phi) is 13.5. The maximum atomic E-state index is 9.31. The number of benzene rings is 2. The van der Waals surface area contributed by atoms with Crippen molar-refractivity contribution in [2.45, 2.75) is 44.8 Å². The Morgan fingerprint density at radius 1 is 1.26 bits per heavy atom. The van der Waals surface area contributed by atoms with Crippen molar-refractivity contribution < 1.29 is 4.79 Å². The first kappa shape index (κ1) is 25.3. The molecule has 150 valence electrons. The molecule has 2 aromatic rings. The second-order valence-corrected chi connectivity index (χ2v) is 6.95. The minimum absolute atomic E-state index is 0.528. The Morgan fingerprint density at radius 2 is 1.89 bits per heavy atom. The summed E-state index contributed by atoms with van der Waals surface area (Å²) in [4.78, 5) is 10.6. The summed E-state index contributed by atoms with van der Waals surface area (Å²) >= 11 is 8.17. The lowest BCUT2D eigenvalue weighted by atomic mass is 10.1. The summed E-state index contributed by atoms with van der Waals surface area (Å²) in [5.74, 6) is 5.64. The van der Waals surface area contributed by atoms with Gasteiger partial charge in [0.25, 0.3) is 0 Å². The molecule has 0 fully saturated rings. The van der Waals surface area contributed by atoms with Crippen LogP contribution in [0.3, 0.4) is 0 Å². The quantitative estimate of drug-likeness (QED) is 0.217. The predicted octanol–water partition coefficient (Wildman–Crippen LogP) is 5.52. The third-order valence-corrected chi connectivity index (χ3v) is 5.13. The van der Waals surface area contributed by atoms with Gasteiger partial charge in [-0.3, -0.25) is 9.80 Å². The van der Waals surface area contributed by atoms with E-state index in [1.807, 2.05) is 44.8 Å². The highest BCUT2D eigenvalue weighted by molar-refractivity contribution is 7.98. The number of rotatable bonds is 6. The van der Waals surface area contributed by atoms with Gasteiger partial charge in [-0.25, -0.2) is 5.84 Å². The number of thioether (sulfide) groups is 1. The van der Waals surface area contributed by atoms with E-state index >= 15 is 0 Å². The molecule has 4 nitrogen and oxygen atoms in total. The van der Waals surface area contributed by atoms with E-state index < -0.39 is 0 Å². The van der Waals surface area contributed by atoms with Crippen molar-refractivity contribution in [2.24, 2.45) is 5.84 Å². The number of carbonyl (C=O) groups is 1. The van der Waals surface area contributed by atoms with Gasteiger partial charge < -0.3 is 5.32 Å². The number of halogens is 1. The zero-order valence-electron chi connectivity index (χ0n) is 17.2. The zero-order valence-corrected chi connectivity index (χ0v) is 18.7. The maximum Gasteiger partial charge on any atom is 0.223 e. The number of hydrogen-bond acceptors (Lipinski definition) is 4. The van der Waals surface area contributed by atoms with Gasteiger partial charge in [0, 0.05) is 41.0 Å². The number of carbonyl (C=O) groups excluding carboxylic acids is 1. The van der Waals surface area contributed by atoms with Gasteiger partial charge in [-0.15, -0.1) is 11.8 Å². The highest BCUT2D eigenvalue weighted by Gasteiger charge is 2.08. The zero-order chi connectivity index (χ0) is 20.8. The molecule has 0 aliphatic heterocycles. The molecule has 0 bridgehead atoms. The number of nitrogens with zero attached hydrogens (tertiary/aromatic N) is 1. The summed E-state index contributed by atoms with van der Waals surface area (Å²) in [6.07, 6.45) is 1.60. The van der Waals surface area contributed by atoms with Crippen LogP contribution in [0, 0.1) is 6.92 Å². The van der Waals surface area contributed by atoms with Crippen LogP contribution in [0.5, 0.6) is 0 Å². The van der Waals surface area contributed by atoms with Crippen molar-refractivity contribution >= 4 is 35.5 Å². The van der Waals surface area contributed by atoms with Crippen LogP contribution in [0.15, 0.2) is 41.3 Å². The largest absolute Gasteiger partial charge is 0.388 e. The Bertz CT molecular complexity index is 693. The summed E-state index contributed by atoms with van der Waals surface area (Å²) in [6, 6.07) is 12.7. The van der Waals surface area contributed by atoms with Gasteiger partial charge in [-0.1, -0.05) is 50.6 Å². The van der Waals surface area contributed by atoms with Crippen molar-refractivity contribution in [1.82, 2.24) is 5.01 Å². The average molecular weight is 410 g/mol. The Hall–Kier alpha value is -1.69. The van der Waals surface area contributed by atoms with Crippen LogP contribution in [0.1, 0.15) is 37.5 Å². The van der Waals surface area contributed by atoms with E-state index in [9.17, 15) is 4.79 Å². The first-order valence-corrected chi connectivity index (χ1v) is 10.4. The Morgan fingerprint density at radius 3 is 2.41 bits per heavy atom. The molecule has 0 aromatic heterocycles. The van der Waals surface area contributed by atoms with Gasteiger partial charge in [0.15, 0.2) is 0 Å². The van der Waals surface area contributed by atoms with Crippen LogP contribution >= 0.6 is 23.4 Å². The molecule has 2 aromatic carbocycles. The van der Waals surface area contributed by atoms with Crippen molar-refractivity contribution in [3.8, 4) is 0 Å². The van der Waals surface area contributed by atoms with Crippen LogP contribution in [-0.4, -0.2) is 25.5 Å². The van der Waals surface area contributed by atoms with E-state index in [2.05, 4.69) is 43.4 Å². The monoisotopic (exact) mass is 409 g/mol. The lowest BCUT2D eigenvalue weighted by Crippen LogP contribution is -2.23. The number of hydrazine groups is 1. The van der Waals surface area contributed by atoms with Gasteiger partial charge in [0.2, 0.25) is 6.41 Å². The van der Waals surface area contributed by atoms with Crippen molar-refractivity contribution in [3.05, 3.63) is 58.1 Å². The highest BCUT2D eigenvalue weighted by atomic mass is 35.5.